The van der Waals surface area contributed by atoms with Crippen molar-refractivity contribution < 1.29 is 9.90 Å². The number of nitrogens with zero attached hydrogens (tertiary/aromatic N) is 6. The summed E-state index contributed by atoms with van der Waals surface area (Å²) < 4.78 is 3.38. The zero-order valence-corrected chi connectivity index (χ0v) is 18.2. The van der Waals surface area contributed by atoms with Crippen LogP contribution in [-0.4, -0.2) is 65.7 Å². The zero-order chi connectivity index (χ0) is 23.3. The molecule has 5 rings (SSSR count). The highest BCUT2D eigenvalue weighted by Crippen LogP contribution is 2.24. The van der Waals surface area contributed by atoms with Crippen LogP contribution < -0.4 is 10.6 Å². The van der Waals surface area contributed by atoms with Gasteiger partial charge in [-0.25, -0.2) is 4.68 Å². The van der Waals surface area contributed by atoms with Crippen molar-refractivity contribution in [3.05, 3.63) is 72.7 Å². The Morgan fingerprint density at radius 3 is 2.76 bits per heavy atom. The van der Waals surface area contributed by atoms with Crippen LogP contribution in [0.5, 0.6) is 0 Å². The minimum absolute atomic E-state index is 0.0958. The lowest BCUT2D eigenvalue weighted by molar-refractivity contribution is 0.102. The molecule has 0 saturated heterocycles. The van der Waals surface area contributed by atoms with E-state index in [1.54, 1.807) is 33.9 Å². The summed E-state index contributed by atoms with van der Waals surface area (Å²) in [5.74, 6) is -0.230. The fourth-order valence-electron chi connectivity index (χ4n) is 3.57. The topological polar surface area (TPSA) is 139 Å². The van der Waals surface area contributed by atoms with E-state index in [0.717, 1.165) is 22.3 Å². The molecule has 0 aliphatic heterocycles. The molecule has 0 saturated carbocycles. The van der Waals surface area contributed by atoms with Gasteiger partial charge in [-0.3, -0.25) is 14.6 Å². The average Bonchev–Trinajstić information content (AvgIpc) is 3.61. The van der Waals surface area contributed by atoms with E-state index in [1.165, 1.54) is 0 Å². The number of aliphatic hydroxyl groups is 1. The van der Waals surface area contributed by atoms with Gasteiger partial charge in [0.15, 0.2) is 0 Å². The minimum atomic E-state index is -0.230. The fraction of sp³-hybridized carbons (Fsp3) is 0.174. The van der Waals surface area contributed by atoms with Crippen molar-refractivity contribution >= 4 is 22.5 Å². The number of benzene rings is 2. The smallest absolute Gasteiger partial charge is 0.255 e. The lowest BCUT2D eigenvalue weighted by atomic mass is 10.2. The summed E-state index contributed by atoms with van der Waals surface area (Å²) in [7, 11) is 0. The molecule has 5 aromatic rings. The third-order valence-electron chi connectivity index (χ3n) is 5.30. The molecule has 0 unspecified atom stereocenters. The molecule has 172 valence electrons. The number of nitrogens with one attached hydrogen (secondary N) is 3. The van der Waals surface area contributed by atoms with Crippen molar-refractivity contribution in [2.24, 2.45) is 0 Å². The Bertz CT molecular complexity index is 1400. The number of H-pyrrole nitrogens is 1. The summed E-state index contributed by atoms with van der Waals surface area (Å²) in [5.41, 5.74) is 4.23. The van der Waals surface area contributed by atoms with Gasteiger partial charge < -0.3 is 15.7 Å². The summed E-state index contributed by atoms with van der Waals surface area (Å²) in [4.78, 5) is 12.6. The Hall–Kier alpha value is -4.35. The summed E-state index contributed by atoms with van der Waals surface area (Å²) in [6.45, 7) is 1.95. The second-order valence-corrected chi connectivity index (χ2v) is 7.63. The minimum Gasteiger partial charge on any atom is -0.395 e. The number of carbonyl (C=O) groups is 1. The second kappa shape index (κ2) is 9.65. The molecule has 4 N–H and O–H groups in total. The first-order valence-electron chi connectivity index (χ1n) is 10.8. The number of amides is 1. The van der Waals surface area contributed by atoms with E-state index in [2.05, 4.69) is 36.2 Å². The maximum Gasteiger partial charge on any atom is 0.255 e. The number of hydrogen-bond acceptors (Lipinski definition) is 7. The first-order valence-corrected chi connectivity index (χ1v) is 10.8. The van der Waals surface area contributed by atoms with E-state index in [9.17, 15) is 4.79 Å². The molecule has 34 heavy (non-hydrogen) atoms. The predicted octanol–water partition coefficient (Wildman–Crippen LogP) is 1.84. The van der Waals surface area contributed by atoms with Crippen LogP contribution in [0, 0.1) is 0 Å². The number of para-hydroxylation sites is 1. The van der Waals surface area contributed by atoms with Crippen molar-refractivity contribution in [3.63, 3.8) is 0 Å². The van der Waals surface area contributed by atoms with Gasteiger partial charge in [0.05, 0.1) is 42.4 Å². The number of fused-ring (bicyclic) bond motifs is 1. The van der Waals surface area contributed by atoms with Gasteiger partial charge in [-0.2, -0.15) is 10.2 Å². The lowest BCUT2D eigenvalue weighted by Gasteiger charge is -2.05. The monoisotopic (exact) mass is 457 g/mol. The number of carbonyl (C=O) groups excluding carboxylic acids is 1. The Labute approximate surface area is 194 Å². The molecule has 0 spiro atoms. The molecule has 1 amide bonds. The molecule has 0 aliphatic carbocycles. The van der Waals surface area contributed by atoms with Crippen molar-refractivity contribution in [1.82, 2.24) is 40.3 Å². The van der Waals surface area contributed by atoms with Crippen LogP contribution in [0.1, 0.15) is 10.4 Å². The molecule has 0 aliphatic rings. The highest BCUT2D eigenvalue weighted by atomic mass is 16.3. The number of hydrogen-bond donors (Lipinski definition) is 4. The number of anilines is 1. The van der Waals surface area contributed by atoms with Crippen LogP contribution in [0.2, 0.25) is 0 Å². The van der Waals surface area contributed by atoms with Gasteiger partial charge in [0, 0.05) is 30.2 Å². The standard InChI is InChI=1S/C23H23N9O2/c33-12-10-24-9-11-31-14-17(13-25-31)26-23(34)16-5-7-18(8-6-16)32-15-21(28-30-32)22-19-3-1-2-4-20(19)27-29-22/h1-8,13-15,24,33H,9-12H2,(H,26,34)(H,27,29). The van der Waals surface area contributed by atoms with Gasteiger partial charge in [0.25, 0.3) is 5.91 Å². The summed E-state index contributed by atoms with van der Waals surface area (Å²) in [6.07, 6.45) is 5.18. The number of rotatable bonds is 9. The van der Waals surface area contributed by atoms with E-state index in [0.29, 0.717) is 36.6 Å². The first-order chi connectivity index (χ1) is 16.7. The molecule has 11 heteroatoms. The van der Waals surface area contributed by atoms with E-state index >= 15 is 0 Å². The average molecular weight is 457 g/mol. The molecular weight excluding hydrogens is 434 g/mol. The van der Waals surface area contributed by atoms with Crippen LogP contribution in [0.25, 0.3) is 28.0 Å². The molecule has 3 aromatic heterocycles. The summed E-state index contributed by atoms with van der Waals surface area (Å²) in [5, 5.41) is 35.8. The van der Waals surface area contributed by atoms with Crippen LogP contribution in [0.3, 0.4) is 0 Å². The Morgan fingerprint density at radius 1 is 1.06 bits per heavy atom. The third kappa shape index (κ3) is 4.56. The Balaban J connectivity index is 1.24. The van der Waals surface area contributed by atoms with Gasteiger partial charge in [0.2, 0.25) is 0 Å². The number of aliphatic hydroxyl groups excluding tert-OH is 1. The van der Waals surface area contributed by atoms with Crippen molar-refractivity contribution in [3.8, 4) is 17.1 Å². The summed E-state index contributed by atoms with van der Waals surface area (Å²) in [6, 6.07) is 14.9. The van der Waals surface area contributed by atoms with Crippen molar-refractivity contribution in [1.29, 1.82) is 0 Å². The second-order valence-electron chi connectivity index (χ2n) is 7.63. The predicted molar refractivity (Wildman–Crippen MR) is 127 cm³/mol. The quantitative estimate of drug-likeness (QED) is 0.248. The Kier molecular flexibility index (Phi) is 6.10. The first kappa shape index (κ1) is 21.5. The number of aromatic amines is 1. The highest BCUT2D eigenvalue weighted by Gasteiger charge is 2.13. The molecule has 11 nitrogen and oxygen atoms in total. The molecule has 0 fully saturated rings. The van der Waals surface area contributed by atoms with Gasteiger partial charge in [-0.1, -0.05) is 23.4 Å². The SMILES string of the molecule is O=C(Nc1cnn(CCNCCO)c1)c1ccc(-n2cc(-c3n[nH]c4ccccc34)nn2)cc1. The van der Waals surface area contributed by atoms with Gasteiger partial charge in [-0.05, 0) is 30.3 Å². The van der Waals surface area contributed by atoms with Crippen LogP contribution in [0.4, 0.5) is 5.69 Å². The molecule has 3 heterocycles. The third-order valence-corrected chi connectivity index (χ3v) is 5.30. The maximum atomic E-state index is 12.6. The van der Waals surface area contributed by atoms with E-state index < -0.39 is 0 Å². The largest absolute Gasteiger partial charge is 0.395 e. The fourth-order valence-corrected chi connectivity index (χ4v) is 3.57. The molecule has 0 radical (unpaired) electrons. The van der Waals surface area contributed by atoms with Gasteiger partial charge in [-0.15, -0.1) is 5.10 Å². The molecule has 2 aromatic carbocycles. The normalized spacial score (nSPS) is 11.2. The van der Waals surface area contributed by atoms with Crippen LogP contribution in [-0.2, 0) is 6.54 Å². The van der Waals surface area contributed by atoms with Gasteiger partial charge >= 0.3 is 0 Å². The molecular formula is C23H23N9O2. The molecule has 0 bridgehead atoms. The molecule has 0 atom stereocenters. The van der Waals surface area contributed by atoms with Crippen LogP contribution >= 0.6 is 0 Å². The zero-order valence-electron chi connectivity index (χ0n) is 18.2. The van der Waals surface area contributed by atoms with Gasteiger partial charge in [0.1, 0.15) is 11.4 Å². The van der Waals surface area contributed by atoms with Crippen molar-refractivity contribution in [2.75, 3.05) is 25.0 Å². The maximum absolute atomic E-state index is 12.6. The van der Waals surface area contributed by atoms with E-state index in [1.807, 2.05) is 42.6 Å². The number of aromatic nitrogens is 7. The Morgan fingerprint density at radius 2 is 1.91 bits per heavy atom. The highest BCUT2D eigenvalue weighted by molar-refractivity contribution is 6.04. The van der Waals surface area contributed by atoms with Crippen molar-refractivity contribution in [2.45, 2.75) is 6.54 Å². The lowest BCUT2D eigenvalue weighted by Crippen LogP contribution is -2.23. The van der Waals surface area contributed by atoms with E-state index in [4.69, 9.17) is 5.11 Å². The summed E-state index contributed by atoms with van der Waals surface area (Å²) >= 11 is 0. The van der Waals surface area contributed by atoms with E-state index in [-0.39, 0.29) is 12.5 Å². The van der Waals surface area contributed by atoms with Crippen LogP contribution in [0.15, 0.2) is 67.1 Å².